The smallest absolute Gasteiger partial charge is 0.125 e. The van der Waals surface area contributed by atoms with E-state index in [-0.39, 0.29) is 11.9 Å². The van der Waals surface area contributed by atoms with Crippen LogP contribution in [0.25, 0.3) is 0 Å². The molecular weight excluding hydrogens is 203 g/mol. The van der Waals surface area contributed by atoms with Crippen LogP contribution >= 0.6 is 0 Å². The number of hydrogen-bond acceptors (Lipinski definition) is 2. The summed E-state index contributed by atoms with van der Waals surface area (Å²) in [5.74, 6) is -0.238. The maximum Gasteiger partial charge on any atom is 0.125 e. The second-order valence-corrected chi connectivity index (χ2v) is 3.63. The quantitative estimate of drug-likeness (QED) is 0.850. The van der Waals surface area contributed by atoms with Gasteiger partial charge in [-0.1, -0.05) is 12.1 Å². The minimum atomic E-state index is -0.238. The van der Waals surface area contributed by atoms with Crippen LogP contribution in [0, 0.1) is 5.82 Å². The first-order valence-corrected chi connectivity index (χ1v) is 5.19. The van der Waals surface area contributed by atoms with Gasteiger partial charge in [-0.25, -0.2) is 4.39 Å². The molecule has 0 bridgehead atoms. The Morgan fingerprint density at radius 1 is 1.19 bits per heavy atom. The third-order valence-electron chi connectivity index (χ3n) is 2.34. The van der Waals surface area contributed by atoms with Gasteiger partial charge in [-0.2, -0.15) is 0 Å². The second kappa shape index (κ2) is 4.75. The lowest BCUT2D eigenvalue weighted by Gasteiger charge is -2.14. The molecule has 0 aliphatic heterocycles. The third kappa shape index (κ3) is 2.57. The van der Waals surface area contributed by atoms with Gasteiger partial charge in [0.2, 0.25) is 0 Å². The number of hydrogen-bond donors (Lipinski definition) is 1. The molecule has 2 aromatic rings. The summed E-state index contributed by atoms with van der Waals surface area (Å²) in [7, 11) is 0. The van der Waals surface area contributed by atoms with Crippen LogP contribution in [0.2, 0.25) is 0 Å². The number of aromatic nitrogens is 1. The van der Waals surface area contributed by atoms with Gasteiger partial charge in [0.15, 0.2) is 0 Å². The molecule has 0 aliphatic carbocycles. The average Bonchev–Trinajstić information content (AvgIpc) is 2.30. The fourth-order valence-electron chi connectivity index (χ4n) is 1.53. The van der Waals surface area contributed by atoms with Crippen molar-refractivity contribution in [2.45, 2.75) is 13.0 Å². The molecule has 0 fully saturated rings. The molecule has 0 saturated heterocycles. The molecule has 1 atom stereocenters. The van der Waals surface area contributed by atoms with Crippen LogP contribution in [0.1, 0.15) is 18.7 Å². The van der Waals surface area contributed by atoms with Crippen molar-refractivity contribution in [3.8, 4) is 0 Å². The van der Waals surface area contributed by atoms with Crippen LogP contribution in [-0.2, 0) is 0 Å². The Hall–Kier alpha value is -1.90. The van der Waals surface area contributed by atoms with Crippen molar-refractivity contribution in [1.29, 1.82) is 0 Å². The zero-order valence-electron chi connectivity index (χ0n) is 9.02. The Kier molecular flexibility index (Phi) is 3.15. The van der Waals surface area contributed by atoms with Crippen molar-refractivity contribution in [3.63, 3.8) is 0 Å². The van der Waals surface area contributed by atoms with Gasteiger partial charge in [0.05, 0.1) is 11.7 Å². The second-order valence-electron chi connectivity index (χ2n) is 3.63. The van der Waals surface area contributed by atoms with Gasteiger partial charge < -0.3 is 5.32 Å². The molecule has 1 heterocycles. The lowest BCUT2D eigenvalue weighted by Crippen LogP contribution is -2.08. The number of nitrogens with zero attached hydrogens (tertiary/aromatic N) is 1. The molecule has 0 amide bonds. The molecule has 0 radical (unpaired) electrons. The Bertz CT molecular complexity index is 456. The van der Waals surface area contributed by atoms with Crippen molar-refractivity contribution in [2.24, 2.45) is 0 Å². The van der Waals surface area contributed by atoms with Crippen molar-refractivity contribution in [2.75, 3.05) is 5.32 Å². The van der Waals surface area contributed by atoms with E-state index < -0.39 is 0 Å². The van der Waals surface area contributed by atoms with Gasteiger partial charge in [0.1, 0.15) is 5.82 Å². The molecule has 3 heteroatoms. The third-order valence-corrected chi connectivity index (χ3v) is 2.34. The molecule has 2 nitrogen and oxygen atoms in total. The zero-order valence-corrected chi connectivity index (χ0v) is 9.02. The number of benzene rings is 1. The first kappa shape index (κ1) is 10.6. The van der Waals surface area contributed by atoms with E-state index in [2.05, 4.69) is 10.3 Å². The van der Waals surface area contributed by atoms with E-state index in [0.29, 0.717) is 0 Å². The minimum absolute atomic E-state index is 0.0583. The monoisotopic (exact) mass is 216 g/mol. The standard InChI is InChI=1S/C13H13FN2/c1-10(13-7-2-3-8-15-13)16-12-6-4-5-11(14)9-12/h2-10,16H,1H3. The molecule has 1 aromatic carbocycles. The van der Waals surface area contributed by atoms with E-state index in [4.69, 9.17) is 0 Å². The Morgan fingerprint density at radius 3 is 2.75 bits per heavy atom. The van der Waals surface area contributed by atoms with Gasteiger partial charge in [-0.15, -0.1) is 0 Å². The predicted octanol–water partition coefficient (Wildman–Crippen LogP) is 3.39. The van der Waals surface area contributed by atoms with Crippen LogP contribution in [0.4, 0.5) is 10.1 Å². The summed E-state index contributed by atoms with van der Waals surface area (Å²) in [6, 6.07) is 12.2. The van der Waals surface area contributed by atoms with Crippen LogP contribution in [0.15, 0.2) is 48.7 Å². The van der Waals surface area contributed by atoms with Crippen molar-refractivity contribution < 1.29 is 4.39 Å². The van der Waals surface area contributed by atoms with Gasteiger partial charge in [-0.3, -0.25) is 4.98 Å². The van der Waals surface area contributed by atoms with Gasteiger partial charge >= 0.3 is 0 Å². The highest BCUT2D eigenvalue weighted by Crippen LogP contribution is 2.17. The van der Waals surface area contributed by atoms with Gasteiger partial charge in [-0.05, 0) is 37.3 Å². The first-order chi connectivity index (χ1) is 7.75. The lowest BCUT2D eigenvalue weighted by atomic mass is 10.2. The first-order valence-electron chi connectivity index (χ1n) is 5.19. The maximum atomic E-state index is 13.0. The number of nitrogens with one attached hydrogen (secondary N) is 1. The molecule has 0 spiro atoms. The number of rotatable bonds is 3. The zero-order chi connectivity index (χ0) is 11.4. The summed E-state index contributed by atoms with van der Waals surface area (Å²) in [5.41, 5.74) is 1.70. The number of anilines is 1. The van der Waals surface area contributed by atoms with Gasteiger partial charge in [0, 0.05) is 11.9 Å². The Labute approximate surface area is 94.2 Å². The van der Waals surface area contributed by atoms with Crippen molar-refractivity contribution in [1.82, 2.24) is 4.98 Å². The van der Waals surface area contributed by atoms with Crippen LogP contribution in [0.5, 0.6) is 0 Å². The molecular formula is C13H13FN2. The van der Waals surface area contributed by atoms with Crippen molar-refractivity contribution in [3.05, 3.63) is 60.2 Å². The maximum absolute atomic E-state index is 13.0. The van der Waals surface area contributed by atoms with E-state index in [1.165, 1.54) is 12.1 Å². The molecule has 1 unspecified atom stereocenters. The topological polar surface area (TPSA) is 24.9 Å². The van der Waals surface area contributed by atoms with E-state index >= 15 is 0 Å². The molecule has 16 heavy (non-hydrogen) atoms. The van der Waals surface area contributed by atoms with Crippen LogP contribution in [-0.4, -0.2) is 4.98 Å². The summed E-state index contributed by atoms with van der Waals surface area (Å²) in [4.78, 5) is 4.24. The van der Waals surface area contributed by atoms with E-state index in [1.54, 1.807) is 12.3 Å². The SMILES string of the molecule is CC(Nc1cccc(F)c1)c1ccccn1. The Morgan fingerprint density at radius 2 is 2.06 bits per heavy atom. The summed E-state index contributed by atoms with van der Waals surface area (Å²) < 4.78 is 13.0. The summed E-state index contributed by atoms with van der Waals surface area (Å²) in [6.45, 7) is 1.99. The summed E-state index contributed by atoms with van der Waals surface area (Å²) in [6.07, 6.45) is 1.75. The Balaban J connectivity index is 2.11. The largest absolute Gasteiger partial charge is 0.377 e. The highest BCUT2D eigenvalue weighted by Gasteiger charge is 2.05. The highest BCUT2D eigenvalue weighted by molar-refractivity contribution is 5.44. The van der Waals surface area contributed by atoms with E-state index in [1.807, 2.05) is 31.2 Å². The van der Waals surface area contributed by atoms with Crippen molar-refractivity contribution >= 4 is 5.69 Å². The molecule has 2 rings (SSSR count). The number of halogens is 1. The van der Waals surface area contributed by atoms with Crippen LogP contribution < -0.4 is 5.32 Å². The van der Waals surface area contributed by atoms with Gasteiger partial charge in [0.25, 0.3) is 0 Å². The summed E-state index contributed by atoms with van der Waals surface area (Å²) >= 11 is 0. The molecule has 82 valence electrons. The summed E-state index contributed by atoms with van der Waals surface area (Å²) in [5, 5.41) is 3.20. The molecule has 0 aliphatic rings. The highest BCUT2D eigenvalue weighted by atomic mass is 19.1. The van der Waals surface area contributed by atoms with Crippen LogP contribution in [0.3, 0.4) is 0 Å². The van der Waals surface area contributed by atoms with E-state index in [0.717, 1.165) is 11.4 Å². The molecule has 0 saturated carbocycles. The fourth-order valence-corrected chi connectivity index (χ4v) is 1.53. The normalized spacial score (nSPS) is 12.1. The fraction of sp³-hybridized carbons (Fsp3) is 0.154. The number of pyridine rings is 1. The average molecular weight is 216 g/mol. The predicted molar refractivity (Wildman–Crippen MR) is 62.7 cm³/mol. The van der Waals surface area contributed by atoms with E-state index in [9.17, 15) is 4.39 Å². The molecule has 1 N–H and O–H groups in total. The lowest BCUT2D eigenvalue weighted by molar-refractivity contribution is 0.628. The minimum Gasteiger partial charge on any atom is -0.377 e. The molecule has 1 aromatic heterocycles.